The Bertz CT molecular complexity index is 315. The lowest BCUT2D eigenvalue weighted by Gasteiger charge is -2.18. The van der Waals surface area contributed by atoms with E-state index in [9.17, 15) is 0 Å². The van der Waals surface area contributed by atoms with Gasteiger partial charge in [-0.25, -0.2) is 5.43 Å². The van der Waals surface area contributed by atoms with Gasteiger partial charge in [0.1, 0.15) is 6.17 Å². The van der Waals surface area contributed by atoms with Gasteiger partial charge in [-0.15, -0.1) is 0 Å². The van der Waals surface area contributed by atoms with Crippen LogP contribution < -0.4 is 16.2 Å². The molecule has 3 N–H and O–H groups in total. The van der Waals surface area contributed by atoms with Gasteiger partial charge < -0.3 is 10.7 Å². The van der Waals surface area contributed by atoms with Crippen molar-refractivity contribution in [3.63, 3.8) is 0 Å². The maximum absolute atomic E-state index is 4.05. The Kier molecular flexibility index (Phi) is 6.82. The highest BCUT2D eigenvalue weighted by Gasteiger charge is 2.02. The first-order valence-electron chi connectivity index (χ1n) is 6.19. The number of aliphatic imine (C=N–C) groups is 1. The van der Waals surface area contributed by atoms with Crippen molar-refractivity contribution in [2.45, 2.75) is 39.3 Å². The third kappa shape index (κ3) is 5.92. The first-order chi connectivity index (χ1) is 8.36. The van der Waals surface area contributed by atoms with Gasteiger partial charge in [-0.1, -0.05) is 32.4 Å². The number of hydrogen-bond donors (Lipinski definition) is 3. The van der Waals surface area contributed by atoms with E-state index in [1.807, 2.05) is 12.4 Å². The number of hydrazine groups is 1. The van der Waals surface area contributed by atoms with Crippen LogP contribution in [0.15, 0.2) is 41.3 Å². The first-order valence-corrected chi connectivity index (χ1v) is 6.19. The van der Waals surface area contributed by atoms with Crippen LogP contribution in [0.4, 0.5) is 0 Å². The summed E-state index contributed by atoms with van der Waals surface area (Å²) in [5, 5.41) is 3.13. The molecule has 1 rings (SSSR count). The second-order valence-electron chi connectivity index (χ2n) is 3.79. The molecule has 1 heterocycles. The lowest BCUT2D eigenvalue weighted by atomic mass is 10.2. The van der Waals surface area contributed by atoms with E-state index in [2.05, 4.69) is 53.2 Å². The van der Waals surface area contributed by atoms with Crippen molar-refractivity contribution in [3.05, 3.63) is 36.3 Å². The molecule has 0 bridgehead atoms. The van der Waals surface area contributed by atoms with Crippen LogP contribution >= 0.6 is 0 Å². The Morgan fingerprint density at radius 3 is 3.00 bits per heavy atom. The maximum atomic E-state index is 4.05. The van der Waals surface area contributed by atoms with Crippen LogP contribution in [0.1, 0.15) is 33.1 Å². The van der Waals surface area contributed by atoms with Crippen molar-refractivity contribution in [1.29, 1.82) is 0 Å². The zero-order valence-electron chi connectivity index (χ0n) is 10.6. The van der Waals surface area contributed by atoms with Crippen LogP contribution in [-0.2, 0) is 0 Å². The first kappa shape index (κ1) is 13.5. The van der Waals surface area contributed by atoms with E-state index in [4.69, 9.17) is 0 Å². The average molecular weight is 234 g/mol. The average Bonchev–Trinajstić information content (AvgIpc) is 2.37. The molecular formula is C13H22N4. The Balaban J connectivity index is 2.36. The molecule has 0 aromatic carbocycles. The quantitative estimate of drug-likeness (QED) is 0.467. The van der Waals surface area contributed by atoms with E-state index >= 15 is 0 Å². The molecular weight excluding hydrogens is 212 g/mol. The van der Waals surface area contributed by atoms with Gasteiger partial charge in [0.15, 0.2) is 0 Å². The summed E-state index contributed by atoms with van der Waals surface area (Å²) in [5.74, 6) is 0. The zero-order chi connectivity index (χ0) is 12.3. The van der Waals surface area contributed by atoms with Crippen molar-refractivity contribution in [2.24, 2.45) is 4.99 Å². The highest BCUT2D eigenvalue weighted by Crippen LogP contribution is 1.97. The Labute approximate surface area is 104 Å². The molecule has 4 heteroatoms. The highest BCUT2D eigenvalue weighted by atomic mass is 15.4. The molecule has 0 spiro atoms. The third-order valence-corrected chi connectivity index (χ3v) is 2.22. The van der Waals surface area contributed by atoms with Crippen LogP contribution in [0.2, 0.25) is 0 Å². The van der Waals surface area contributed by atoms with Crippen molar-refractivity contribution in [1.82, 2.24) is 16.2 Å². The number of nitrogens with zero attached hydrogens (tertiary/aromatic N) is 1. The predicted octanol–water partition coefficient (Wildman–Crippen LogP) is 2.20. The second kappa shape index (κ2) is 8.58. The summed E-state index contributed by atoms with van der Waals surface area (Å²) in [7, 11) is 0. The van der Waals surface area contributed by atoms with E-state index in [0.29, 0.717) is 0 Å². The molecule has 1 atom stereocenters. The molecule has 1 aliphatic heterocycles. The van der Waals surface area contributed by atoms with Gasteiger partial charge in [-0.05, 0) is 18.9 Å². The Hall–Kier alpha value is -1.55. The fourth-order valence-electron chi connectivity index (χ4n) is 1.37. The molecule has 0 radical (unpaired) electrons. The molecule has 0 amide bonds. The predicted molar refractivity (Wildman–Crippen MR) is 73.2 cm³/mol. The molecule has 0 fully saturated rings. The van der Waals surface area contributed by atoms with Crippen molar-refractivity contribution in [2.75, 3.05) is 0 Å². The van der Waals surface area contributed by atoms with E-state index in [0.717, 1.165) is 18.5 Å². The zero-order valence-corrected chi connectivity index (χ0v) is 10.6. The second-order valence-corrected chi connectivity index (χ2v) is 3.79. The largest absolute Gasteiger partial charge is 0.369 e. The molecule has 0 saturated heterocycles. The number of allylic oxidation sites excluding steroid dienone is 3. The topological polar surface area (TPSA) is 48.5 Å². The molecule has 0 saturated carbocycles. The Morgan fingerprint density at radius 2 is 2.35 bits per heavy atom. The van der Waals surface area contributed by atoms with Crippen molar-refractivity contribution in [3.8, 4) is 0 Å². The lowest BCUT2D eigenvalue weighted by Crippen LogP contribution is -2.48. The minimum Gasteiger partial charge on any atom is -0.369 e. The molecule has 0 aromatic rings. The summed E-state index contributed by atoms with van der Waals surface area (Å²) in [6, 6.07) is 0. The van der Waals surface area contributed by atoms with Crippen LogP contribution in [0.25, 0.3) is 0 Å². The summed E-state index contributed by atoms with van der Waals surface area (Å²) in [6.07, 6.45) is 15.1. The minimum absolute atomic E-state index is 0.0276. The standard InChI is InChI=1S/C13H22N4/c1-3-5-6-8-12(7-4-2)16-17-13-11-14-9-10-15-13/h6-11,13,15-17H,3-5H2,1-2H3/b8-6-,12-7+. The molecule has 4 nitrogen and oxygen atoms in total. The van der Waals surface area contributed by atoms with Gasteiger partial charge in [-0.3, -0.25) is 4.99 Å². The summed E-state index contributed by atoms with van der Waals surface area (Å²) in [4.78, 5) is 4.05. The normalized spacial score (nSPS) is 19.6. The fraction of sp³-hybridized carbons (Fsp3) is 0.462. The molecule has 17 heavy (non-hydrogen) atoms. The highest BCUT2D eigenvalue weighted by molar-refractivity contribution is 5.65. The van der Waals surface area contributed by atoms with E-state index in [-0.39, 0.29) is 6.17 Å². The van der Waals surface area contributed by atoms with Crippen LogP contribution in [0.3, 0.4) is 0 Å². The van der Waals surface area contributed by atoms with Crippen LogP contribution in [-0.4, -0.2) is 12.4 Å². The van der Waals surface area contributed by atoms with Crippen LogP contribution in [0.5, 0.6) is 0 Å². The number of rotatable bonds is 7. The van der Waals surface area contributed by atoms with Crippen molar-refractivity contribution >= 4 is 6.21 Å². The molecule has 1 unspecified atom stereocenters. The van der Waals surface area contributed by atoms with Gasteiger partial charge in [-0.2, -0.15) is 0 Å². The molecule has 1 aliphatic rings. The summed E-state index contributed by atoms with van der Waals surface area (Å²) < 4.78 is 0. The minimum atomic E-state index is 0.0276. The van der Waals surface area contributed by atoms with Crippen molar-refractivity contribution < 1.29 is 0 Å². The summed E-state index contributed by atoms with van der Waals surface area (Å²) in [6.45, 7) is 4.30. The van der Waals surface area contributed by atoms with Gasteiger partial charge in [0.05, 0.1) is 0 Å². The third-order valence-electron chi connectivity index (χ3n) is 2.22. The smallest absolute Gasteiger partial charge is 0.130 e. The lowest BCUT2D eigenvalue weighted by molar-refractivity contribution is 0.521. The Morgan fingerprint density at radius 1 is 1.47 bits per heavy atom. The number of unbranched alkanes of at least 4 members (excludes halogenated alkanes) is 1. The summed E-state index contributed by atoms with van der Waals surface area (Å²) in [5.41, 5.74) is 7.43. The summed E-state index contributed by atoms with van der Waals surface area (Å²) >= 11 is 0. The molecule has 0 aromatic heterocycles. The van der Waals surface area contributed by atoms with Crippen LogP contribution in [0, 0.1) is 0 Å². The van der Waals surface area contributed by atoms with Gasteiger partial charge in [0.2, 0.25) is 0 Å². The SMILES string of the molecule is CC/C=C(\C=C/CCC)NNC1C=NC=CN1. The van der Waals surface area contributed by atoms with E-state index in [1.54, 1.807) is 6.20 Å². The monoisotopic (exact) mass is 234 g/mol. The van der Waals surface area contributed by atoms with Gasteiger partial charge in [0, 0.05) is 24.3 Å². The number of hydrogen-bond acceptors (Lipinski definition) is 4. The molecule has 94 valence electrons. The fourth-order valence-corrected chi connectivity index (χ4v) is 1.37. The van der Waals surface area contributed by atoms with Gasteiger partial charge >= 0.3 is 0 Å². The van der Waals surface area contributed by atoms with E-state index < -0.39 is 0 Å². The van der Waals surface area contributed by atoms with E-state index in [1.165, 1.54) is 6.42 Å². The number of nitrogens with one attached hydrogen (secondary N) is 3. The maximum Gasteiger partial charge on any atom is 0.130 e. The van der Waals surface area contributed by atoms with Gasteiger partial charge in [0.25, 0.3) is 0 Å². The molecule has 0 aliphatic carbocycles.